The molecule has 0 atom stereocenters. The number of aromatic nitrogens is 4. The lowest BCUT2D eigenvalue weighted by Crippen LogP contribution is -2.28. The van der Waals surface area contributed by atoms with Crippen LogP contribution in [0.4, 0.5) is 0 Å². The number of nitrogens with two attached hydrogens (primary N) is 1. The van der Waals surface area contributed by atoms with E-state index in [-0.39, 0.29) is 24.5 Å². The van der Waals surface area contributed by atoms with E-state index in [4.69, 9.17) is 5.14 Å². The van der Waals surface area contributed by atoms with Crippen molar-refractivity contribution in [2.75, 3.05) is 12.3 Å². The number of H-pyrrole nitrogens is 1. The normalized spacial score (nSPS) is 11.3. The zero-order valence-electron chi connectivity index (χ0n) is 7.67. The maximum atomic E-state index is 11.2. The smallest absolute Gasteiger partial charge is 0.292 e. The highest BCUT2D eigenvalue weighted by molar-refractivity contribution is 7.89. The van der Waals surface area contributed by atoms with Crippen LogP contribution in [0, 0.1) is 0 Å². The summed E-state index contributed by atoms with van der Waals surface area (Å²) in [6.07, 6.45) is 0.239. The van der Waals surface area contributed by atoms with Crippen molar-refractivity contribution in [2.24, 2.45) is 5.14 Å². The standard InChI is InChI=1S/C5H10N6O3S/c6-15(13,14)3-1-2-7-5(12)4-8-10-11-9-4/h1-3H2,(H,7,12)(H2,6,13,14)(H,8,9,10,11). The monoisotopic (exact) mass is 234 g/mol. The number of sulfonamides is 1. The molecule has 1 heterocycles. The van der Waals surface area contributed by atoms with Crippen LogP contribution in [0.1, 0.15) is 17.0 Å². The van der Waals surface area contributed by atoms with Gasteiger partial charge < -0.3 is 5.32 Å². The molecule has 0 fully saturated rings. The predicted octanol–water partition coefficient (Wildman–Crippen LogP) is -2.39. The molecule has 0 spiro atoms. The average Bonchev–Trinajstić information content (AvgIpc) is 2.63. The molecule has 0 aliphatic heterocycles. The number of nitrogens with one attached hydrogen (secondary N) is 2. The van der Waals surface area contributed by atoms with Gasteiger partial charge in [0.1, 0.15) is 0 Å². The Balaban J connectivity index is 2.24. The molecule has 15 heavy (non-hydrogen) atoms. The highest BCUT2D eigenvalue weighted by atomic mass is 32.2. The number of tetrazole rings is 1. The van der Waals surface area contributed by atoms with Gasteiger partial charge in [0, 0.05) is 6.54 Å². The molecule has 0 aliphatic carbocycles. The molecule has 0 aromatic carbocycles. The van der Waals surface area contributed by atoms with Crippen LogP contribution >= 0.6 is 0 Å². The minimum atomic E-state index is -3.48. The summed E-state index contributed by atoms with van der Waals surface area (Å²) in [5.41, 5.74) is 0. The summed E-state index contributed by atoms with van der Waals surface area (Å²) < 4.78 is 21.1. The van der Waals surface area contributed by atoms with Gasteiger partial charge in [0.2, 0.25) is 10.0 Å². The van der Waals surface area contributed by atoms with Crippen molar-refractivity contribution in [1.29, 1.82) is 0 Å². The molecule has 1 aromatic rings. The first-order valence-corrected chi connectivity index (χ1v) is 5.73. The van der Waals surface area contributed by atoms with Crippen LogP contribution in [0.15, 0.2) is 0 Å². The number of aromatic amines is 1. The van der Waals surface area contributed by atoms with Crippen LogP contribution in [0.25, 0.3) is 0 Å². The summed E-state index contributed by atoms with van der Waals surface area (Å²) in [5, 5.41) is 19.4. The van der Waals surface area contributed by atoms with Crippen molar-refractivity contribution in [3.05, 3.63) is 5.82 Å². The molecule has 9 nitrogen and oxygen atoms in total. The van der Waals surface area contributed by atoms with Crippen LogP contribution in [0.3, 0.4) is 0 Å². The van der Waals surface area contributed by atoms with Gasteiger partial charge in [-0.15, -0.1) is 10.2 Å². The topological polar surface area (TPSA) is 144 Å². The van der Waals surface area contributed by atoms with Gasteiger partial charge in [0.25, 0.3) is 11.7 Å². The van der Waals surface area contributed by atoms with Crippen molar-refractivity contribution in [3.8, 4) is 0 Å². The molecule has 4 N–H and O–H groups in total. The van der Waals surface area contributed by atoms with Crippen LogP contribution in [0.5, 0.6) is 0 Å². The van der Waals surface area contributed by atoms with Crippen molar-refractivity contribution < 1.29 is 13.2 Å². The first-order chi connectivity index (χ1) is 6.99. The molecule has 84 valence electrons. The molecule has 0 radical (unpaired) electrons. The molecule has 0 saturated carbocycles. The third-order valence-corrected chi connectivity index (χ3v) is 2.30. The Morgan fingerprint density at radius 2 is 2.27 bits per heavy atom. The van der Waals surface area contributed by atoms with Gasteiger partial charge in [0.05, 0.1) is 5.75 Å². The lowest BCUT2D eigenvalue weighted by molar-refractivity contribution is 0.0943. The predicted molar refractivity (Wildman–Crippen MR) is 49.1 cm³/mol. The van der Waals surface area contributed by atoms with Crippen molar-refractivity contribution in [3.63, 3.8) is 0 Å². The summed E-state index contributed by atoms with van der Waals surface area (Å²) in [6, 6.07) is 0. The number of hydrogen-bond donors (Lipinski definition) is 3. The zero-order valence-corrected chi connectivity index (χ0v) is 8.49. The molecule has 0 saturated heterocycles. The van der Waals surface area contributed by atoms with Gasteiger partial charge >= 0.3 is 0 Å². The highest BCUT2D eigenvalue weighted by Gasteiger charge is 2.09. The van der Waals surface area contributed by atoms with E-state index < -0.39 is 15.9 Å². The van der Waals surface area contributed by atoms with Gasteiger partial charge in [-0.3, -0.25) is 4.79 Å². The number of primary sulfonamides is 1. The summed E-state index contributed by atoms with van der Waals surface area (Å²) >= 11 is 0. The summed E-state index contributed by atoms with van der Waals surface area (Å²) in [4.78, 5) is 11.2. The number of hydrogen-bond acceptors (Lipinski definition) is 6. The molecule has 1 rings (SSSR count). The van der Waals surface area contributed by atoms with Crippen molar-refractivity contribution in [1.82, 2.24) is 25.9 Å². The van der Waals surface area contributed by atoms with E-state index in [1.165, 1.54) is 0 Å². The number of rotatable bonds is 5. The van der Waals surface area contributed by atoms with Gasteiger partial charge in [-0.05, 0) is 11.6 Å². The fourth-order valence-corrected chi connectivity index (χ4v) is 1.36. The molecule has 1 aromatic heterocycles. The SMILES string of the molecule is NS(=O)(=O)CCCNC(=O)c1nn[nH]n1. The van der Waals surface area contributed by atoms with Crippen molar-refractivity contribution >= 4 is 15.9 Å². The molecule has 0 unspecified atom stereocenters. The Bertz CT molecular complexity index is 412. The second-order valence-electron chi connectivity index (χ2n) is 2.71. The van der Waals surface area contributed by atoms with Crippen LogP contribution < -0.4 is 10.5 Å². The van der Waals surface area contributed by atoms with Crippen LogP contribution in [-0.2, 0) is 10.0 Å². The van der Waals surface area contributed by atoms with Crippen LogP contribution in [-0.4, -0.2) is 47.2 Å². The number of carbonyl (C=O) groups is 1. The molecule has 0 aliphatic rings. The zero-order chi connectivity index (χ0) is 11.3. The van der Waals surface area contributed by atoms with E-state index in [0.717, 1.165) is 0 Å². The van der Waals surface area contributed by atoms with E-state index in [9.17, 15) is 13.2 Å². The Morgan fingerprint density at radius 3 is 2.80 bits per heavy atom. The minimum absolute atomic E-state index is 0.0920. The van der Waals surface area contributed by atoms with E-state index in [0.29, 0.717) is 0 Å². The third kappa shape index (κ3) is 4.46. The lowest BCUT2D eigenvalue weighted by Gasteiger charge is -2.00. The summed E-state index contributed by atoms with van der Waals surface area (Å²) in [6.45, 7) is 0.184. The van der Waals surface area contributed by atoms with Crippen LogP contribution in [0.2, 0.25) is 0 Å². The number of carbonyl (C=O) groups excluding carboxylic acids is 1. The average molecular weight is 234 g/mol. The number of amides is 1. The molecule has 1 amide bonds. The van der Waals surface area contributed by atoms with Gasteiger partial charge in [-0.1, -0.05) is 0 Å². The fraction of sp³-hybridized carbons (Fsp3) is 0.600. The Kier molecular flexibility index (Phi) is 3.68. The largest absolute Gasteiger partial charge is 0.349 e. The van der Waals surface area contributed by atoms with Gasteiger partial charge in [-0.2, -0.15) is 5.21 Å². The lowest BCUT2D eigenvalue weighted by atomic mass is 10.4. The minimum Gasteiger partial charge on any atom is -0.349 e. The van der Waals surface area contributed by atoms with Gasteiger partial charge in [0.15, 0.2) is 0 Å². The van der Waals surface area contributed by atoms with E-state index in [1.807, 2.05) is 0 Å². The van der Waals surface area contributed by atoms with E-state index >= 15 is 0 Å². The molecule has 10 heteroatoms. The molecular formula is C5H10N6O3S. The fourth-order valence-electron chi connectivity index (χ4n) is 0.812. The molecular weight excluding hydrogens is 224 g/mol. The Hall–Kier alpha value is -1.55. The second-order valence-corrected chi connectivity index (χ2v) is 4.45. The van der Waals surface area contributed by atoms with E-state index in [1.54, 1.807) is 0 Å². The Labute approximate surface area is 85.5 Å². The van der Waals surface area contributed by atoms with Gasteiger partial charge in [-0.25, -0.2) is 13.6 Å². The third-order valence-electron chi connectivity index (χ3n) is 1.44. The summed E-state index contributed by atoms with van der Waals surface area (Å²) in [5.74, 6) is -0.789. The first kappa shape index (κ1) is 11.5. The quantitative estimate of drug-likeness (QED) is 0.485. The maximum Gasteiger partial charge on any atom is 0.292 e. The maximum absolute atomic E-state index is 11.2. The number of nitrogens with zero attached hydrogens (tertiary/aromatic N) is 3. The van der Waals surface area contributed by atoms with Crippen molar-refractivity contribution in [2.45, 2.75) is 6.42 Å². The molecule has 0 bridgehead atoms. The second kappa shape index (κ2) is 4.79. The first-order valence-electron chi connectivity index (χ1n) is 4.01. The summed E-state index contributed by atoms with van der Waals surface area (Å²) in [7, 11) is -3.48. The van der Waals surface area contributed by atoms with E-state index in [2.05, 4.69) is 25.9 Å². The highest BCUT2D eigenvalue weighted by Crippen LogP contribution is 1.86. The Morgan fingerprint density at radius 1 is 1.53 bits per heavy atom.